The molecule has 0 aliphatic rings. The number of hydrogen-bond donors (Lipinski definition) is 1. The minimum Gasteiger partial charge on any atom is -0.328 e. The van der Waals surface area contributed by atoms with Crippen LogP contribution in [0.1, 0.15) is 0 Å². The molecule has 3 nitrogen and oxygen atoms in total. The lowest BCUT2D eigenvalue weighted by Crippen LogP contribution is -2.00. The van der Waals surface area contributed by atoms with Crippen LogP contribution in [0.25, 0.3) is 10.6 Å². The Labute approximate surface area is 72.7 Å². The van der Waals surface area contributed by atoms with Gasteiger partial charge in [-0.2, -0.15) is 0 Å². The van der Waals surface area contributed by atoms with Gasteiger partial charge in [0.25, 0.3) is 0 Å². The molecule has 0 amide bonds. The Kier molecular flexibility index (Phi) is 1.75. The monoisotopic (exact) mass is 177 g/mol. The number of aromatic nitrogens is 2. The van der Waals surface area contributed by atoms with E-state index in [0.717, 1.165) is 10.6 Å². The van der Waals surface area contributed by atoms with Crippen LogP contribution in [-0.2, 0) is 0 Å². The number of rotatable bonds is 1. The van der Waals surface area contributed by atoms with Crippen LogP contribution in [0.5, 0.6) is 0 Å². The Balaban J connectivity index is 2.49. The van der Waals surface area contributed by atoms with E-state index in [9.17, 15) is 4.79 Å². The van der Waals surface area contributed by atoms with Crippen LogP contribution in [0.15, 0.2) is 29.3 Å². The van der Waals surface area contributed by atoms with Gasteiger partial charge in [-0.1, -0.05) is 0 Å². The van der Waals surface area contributed by atoms with Crippen molar-refractivity contribution in [3.8, 4) is 10.6 Å². The summed E-state index contributed by atoms with van der Waals surface area (Å²) in [6.07, 6.45) is 3.26. The average Bonchev–Trinajstić information content (AvgIpc) is 2.58. The van der Waals surface area contributed by atoms with Gasteiger partial charge in [0.15, 0.2) is 0 Å². The minimum absolute atomic E-state index is 0.0979. The zero-order valence-corrected chi connectivity index (χ0v) is 6.89. The topological polar surface area (TPSA) is 45.8 Å². The summed E-state index contributed by atoms with van der Waals surface area (Å²) >= 11 is 1.42. The standard InChI is InChI=1S/C8H5N2OS/c11-7-2-1-6(5-10-7)8-9-3-4-12-8/h1-3,5H,(H,10,11). The van der Waals surface area contributed by atoms with E-state index in [1.807, 2.05) is 0 Å². The molecule has 4 heteroatoms. The van der Waals surface area contributed by atoms with Crippen molar-refractivity contribution >= 4 is 11.3 Å². The molecule has 2 heterocycles. The predicted molar refractivity (Wildman–Crippen MR) is 47.0 cm³/mol. The van der Waals surface area contributed by atoms with Crippen LogP contribution in [0, 0.1) is 5.38 Å². The average molecular weight is 177 g/mol. The summed E-state index contributed by atoms with van der Waals surface area (Å²) < 4.78 is 0. The third-order valence-corrected chi connectivity index (χ3v) is 2.18. The van der Waals surface area contributed by atoms with Gasteiger partial charge >= 0.3 is 0 Å². The molecule has 0 aliphatic carbocycles. The molecule has 0 unspecified atom stereocenters. The first-order chi connectivity index (χ1) is 5.86. The van der Waals surface area contributed by atoms with Crippen LogP contribution in [0.4, 0.5) is 0 Å². The molecule has 0 aromatic carbocycles. The van der Waals surface area contributed by atoms with Crippen molar-refractivity contribution in [3.05, 3.63) is 40.3 Å². The molecule has 2 aromatic heterocycles. The van der Waals surface area contributed by atoms with E-state index in [0.29, 0.717) is 0 Å². The highest BCUT2D eigenvalue weighted by atomic mass is 32.1. The number of pyridine rings is 1. The zero-order valence-electron chi connectivity index (χ0n) is 6.07. The number of thiazole rings is 1. The molecule has 1 N–H and O–H groups in total. The quantitative estimate of drug-likeness (QED) is 0.713. The highest BCUT2D eigenvalue weighted by Gasteiger charge is 1.98. The van der Waals surface area contributed by atoms with Crippen molar-refractivity contribution in [2.24, 2.45) is 0 Å². The van der Waals surface area contributed by atoms with Gasteiger partial charge in [-0.3, -0.25) is 4.79 Å². The molecule has 0 fully saturated rings. The lowest BCUT2D eigenvalue weighted by atomic mass is 10.3. The van der Waals surface area contributed by atoms with Gasteiger partial charge in [0, 0.05) is 24.0 Å². The highest BCUT2D eigenvalue weighted by Crippen LogP contribution is 2.18. The lowest BCUT2D eigenvalue weighted by molar-refractivity contribution is 1.23. The van der Waals surface area contributed by atoms with Crippen molar-refractivity contribution in [2.45, 2.75) is 0 Å². The van der Waals surface area contributed by atoms with Crippen LogP contribution in [-0.4, -0.2) is 9.97 Å². The normalized spacial score (nSPS) is 10.0. The van der Waals surface area contributed by atoms with Crippen molar-refractivity contribution in [2.75, 3.05) is 0 Å². The van der Waals surface area contributed by atoms with Crippen LogP contribution in [0.2, 0.25) is 0 Å². The third-order valence-electron chi connectivity index (χ3n) is 1.42. The van der Waals surface area contributed by atoms with Gasteiger partial charge in [0.05, 0.1) is 5.38 Å². The van der Waals surface area contributed by atoms with Crippen molar-refractivity contribution in [1.29, 1.82) is 0 Å². The summed E-state index contributed by atoms with van der Waals surface area (Å²) in [7, 11) is 0. The summed E-state index contributed by atoms with van der Waals surface area (Å²) in [6.45, 7) is 0. The van der Waals surface area contributed by atoms with Gasteiger partial charge in [-0.25, -0.2) is 4.98 Å². The van der Waals surface area contributed by atoms with Crippen LogP contribution < -0.4 is 5.56 Å². The van der Waals surface area contributed by atoms with E-state index in [1.54, 1.807) is 18.5 Å². The zero-order chi connectivity index (χ0) is 8.39. The first kappa shape index (κ1) is 7.24. The maximum absolute atomic E-state index is 10.7. The molecule has 2 aromatic rings. The van der Waals surface area contributed by atoms with Gasteiger partial charge in [0.1, 0.15) is 5.01 Å². The summed E-state index contributed by atoms with van der Waals surface area (Å²) in [4.78, 5) is 17.4. The van der Waals surface area contributed by atoms with E-state index in [2.05, 4.69) is 15.3 Å². The molecule has 59 valence electrons. The third kappa shape index (κ3) is 1.29. The Morgan fingerprint density at radius 3 is 3.00 bits per heavy atom. The Morgan fingerprint density at radius 1 is 1.50 bits per heavy atom. The smallest absolute Gasteiger partial charge is 0.247 e. The summed E-state index contributed by atoms with van der Waals surface area (Å²) in [6, 6.07) is 3.22. The van der Waals surface area contributed by atoms with Gasteiger partial charge in [-0.15, -0.1) is 11.3 Å². The summed E-state index contributed by atoms with van der Waals surface area (Å²) in [5.41, 5.74) is 0.820. The van der Waals surface area contributed by atoms with Gasteiger partial charge in [0.2, 0.25) is 5.56 Å². The fourth-order valence-corrected chi connectivity index (χ4v) is 1.44. The number of nitrogens with one attached hydrogen (secondary N) is 1. The van der Waals surface area contributed by atoms with E-state index in [-0.39, 0.29) is 5.56 Å². The number of nitrogens with zero attached hydrogens (tertiary/aromatic N) is 1. The second-order valence-electron chi connectivity index (χ2n) is 2.22. The fourth-order valence-electron chi connectivity index (χ4n) is 0.871. The molecule has 0 saturated carbocycles. The van der Waals surface area contributed by atoms with E-state index in [1.165, 1.54) is 17.4 Å². The highest BCUT2D eigenvalue weighted by molar-refractivity contribution is 7.12. The minimum atomic E-state index is -0.0979. The molecule has 1 radical (unpaired) electrons. The van der Waals surface area contributed by atoms with Crippen molar-refractivity contribution in [1.82, 2.24) is 9.97 Å². The number of H-pyrrole nitrogens is 1. The first-order valence-corrected chi connectivity index (χ1v) is 4.19. The largest absolute Gasteiger partial charge is 0.328 e. The molecule has 0 aliphatic heterocycles. The van der Waals surface area contributed by atoms with Gasteiger partial charge < -0.3 is 4.98 Å². The first-order valence-electron chi connectivity index (χ1n) is 3.37. The molecule has 0 saturated heterocycles. The molecular weight excluding hydrogens is 172 g/mol. The van der Waals surface area contributed by atoms with Crippen molar-refractivity contribution in [3.63, 3.8) is 0 Å². The number of aromatic amines is 1. The Hall–Kier alpha value is -1.42. The van der Waals surface area contributed by atoms with Crippen LogP contribution >= 0.6 is 11.3 Å². The maximum atomic E-state index is 10.7. The van der Waals surface area contributed by atoms with Crippen molar-refractivity contribution < 1.29 is 0 Å². The second kappa shape index (κ2) is 2.91. The summed E-state index contributed by atoms with van der Waals surface area (Å²) in [5.74, 6) is 0. The molecule has 0 atom stereocenters. The number of hydrogen-bond acceptors (Lipinski definition) is 3. The van der Waals surface area contributed by atoms with E-state index < -0.39 is 0 Å². The molecule has 0 bridgehead atoms. The lowest BCUT2D eigenvalue weighted by Gasteiger charge is -1.91. The fraction of sp³-hybridized carbons (Fsp3) is 0. The van der Waals surface area contributed by atoms with E-state index >= 15 is 0 Å². The maximum Gasteiger partial charge on any atom is 0.247 e. The molecule has 2 rings (SSSR count). The molecule has 12 heavy (non-hydrogen) atoms. The van der Waals surface area contributed by atoms with Crippen LogP contribution in [0.3, 0.4) is 0 Å². The SMILES string of the molecule is O=c1ccc(-c2nc[c]s2)c[nH]1. The molecule has 0 spiro atoms. The Morgan fingerprint density at radius 2 is 2.42 bits per heavy atom. The van der Waals surface area contributed by atoms with Gasteiger partial charge in [-0.05, 0) is 6.07 Å². The van der Waals surface area contributed by atoms with E-state index in [4.69, 9.17) is 0 Å². The predicted octanol–water partition coefficient (Wildman–Crippen LogP) is 1.30. The summed E-state index contributed by atoms with van der Waals surface area (Å²) in [5, 5.41) is 3.75. The second-order valence-corrected chi connectivity index (χ2v) is 3.05. The Bertz CT molecular complexity index is 398. The molecular formula is C8H5N2OS.